The van der Waals surface area contributed by atoms with Crippen molar-refractivity contribution in [3.63, 3.8) is 0 Å². The van der Waals surface area contributed by atoms with Gasteiger partial charge in [-0.25, -0.2) is 0 Å². The van der Waals surface area contributed by atoms with Gasteiger partial charge in [0.25, 0.3) is 0 Å². The number of hydrogen-bond donors (Lipinski definition) is 3. The number of nitrogens with two attached hydrogens (primary N) is 1. The maximum absolute atomic E-state index is 11.3. The Morgan fingerprint density at radius 2 is 2.37 bits per heavy atom. The molecule has 1 heterocycles. The van der Waals surface area contributed by atoms with Crippen LogP contribution in [0.15, 0.2) is 18.2 Å². The van der Waals surface area contributed by atoms with Gasteiger partial charge in [0.15, 0.2) is 0 Å². The molecular formula is C12H18N4O3. The largest absolute Gasteiger partial charge is 0.394 e. The van der Waals surface area contributed by atoms with E-state index in [9.17, 15) is 15.2 Å². The molecule has 0 amide bonds. The summed E-state index contributed by atoms with van der Waals surface area (Å²) in [6.45, 7) is 2.72. The van der Waals surface area contributed by atoms with E-state index < -0.39 is 4.92 Å². The zero-order chi connectivity index (χ0) is 14.0. The smallest absolute Gasteiger partial charge is 0.316 e. The molecule has 0 radical (unpaired) electrons. The van der Waals surface area contributed by atoms with Gasteiger partial charge in [0.1, 0.15) is 11.4 Å². The first kappa shape index (κ1) is 13.6. The summed E-state index contributed by atoms with van der Waals surface area (Å²) in [7, 11) is 0. The van der Waals surface area contributed by atoms with E-state index in [1.54, 1.807) is 18.2 Å². The van der Waals surface area contributed by atoms with Crippen LogP contribution in [-0.4, -0.2) is 29.2 Å². The minimum Gasteiger partial charge on any atom is -0.394 e. The Balaban J connectivity index is 2.47. The van der Waals surface area contributed by atoms with Crippen LogP contribution < -0.4 is 16.2 Å². The molecular weight excluding hydrogens is 248 g/mol. The molecule has 7 heteroatoms. The van der Waals surface area contributed by atoms with E-state index in [1.807, 2.05) is 11.8 Å². The van der Waals surface area contributed by atoms with Gasteiger partial charge in [-0.3, -0.25) is 16.0 Å². The summed E-state index contributed by atoms with van der Waals surface area (Å²) in [4.78, 5) is 12.7. The van der Waals surface area contributed by atoms with E-state index >= 15 is 0 Å². The molecule has 1 fully saturated rings. The summed E-state index contributed by atoms with van der Waals surface area (Å²) in [5.74, 6) is 5.63. The van der Waals surface area contributed by atoms with Crippen LogP contribution >= 0.6 is 0 Å². The Labute approximate surface area is 111 Å². The van der Waals surface area contributed by atoms with Crippen LogP contribution in [0.1, 0.15) is 13.3 Å². The Hall–Kier alpha value is -1.86. The average Bonchev–Trinajstić information content (AvgIpc) is 2.78. The lowest BCUT2D eigenvalue weighted by atomic mass is 10.0. The molecule has 2 unspecified atom stereocenters. The van der Waals surface area contributed by atoms with E-state index in [2.05, 4.69) is 5.43 Å². The first-order valence-electron chi connectivity index (χ1n) is 6.21. The molecule has 1 saturated heterocycles. The highest BCUT2D eigenvalue weighted by Gasteiger charge is 2.35. The SMILES string of the molecule is CC1CCN(c2cccc(NN)c2[N+](=O)[O-])C1CO. The molecule has 1 aliphatic rings. The number of anilines is 2. The number of hydrogen-bond acceptors (Lipinski definition) is 6. The van der Waals surface area contributed by atoms with Crippen molar-refractivity contribution in [2.24, 2.45) is 11.8 Å². The molecule has 104 valence electrons. The Morgan fingerprint density at radius 3 is 2.95 bits per heavy atom. The molecule has 0 saturated carbocycles. The Bertz CT molecular complexity index is 480. The van der Waals surface area contributed by atoms with Gasteiger partial charge in [-0.05, 0) is 24.5 Å². The number of hydrazine groups is 1. The van der Waals surface area contributed by atoms with Crippen LogP contribution in [0.2, 0.25) is 0 Å². The van der Waals surface area contributed by atoms with Gasteiger partial charge in [0.2, 0.25) is 0 Å². The fourth-order valence-corrected chi connectivity index (χ4v) is 2.66. The highest BCUT2D eigenvalue weighted by Crippen LogP contribution is 2.39. The summed E-state index contributed by atoms with van der Waals surface area (Å²) < 4.78 is 0. The molecule has 0 aliphatic carbocycles. The van der Waals surface area contributed by atoms with Crippen molar-refractivity contribution in [2.75, 3.05) is 23.5 Å². The summed E-state index contributed by atoms with van der Waals surface area (Å²) >= 11 is 0. The van der Waals surface area contributed by atoms with Crippen molar-refractivity contribution in [3.05, 3.63) is 28.3 Å². The minimum absolute atomic E-state index is 0.0153. The second-order valence-electron chi connectivity index (χ2n) is 4.78. The molecule has 1 aliphatic heterocycles. The van der Waals surface area contributed by atoms with Crippen molar-refractivity contribution in [1.82, 2.24) is 0 Å². The van der Waals surface area contributed by atoms with Crippen molar-refractivity contribution in [2.45, 2.75) is 19.4 Å². The van der Waals surface area contributed by atoms with Gasteiger partial charge in [-0.15, -0.1) is 0 Å². The number of nitro groups is 1. The number of nitro benzene ring substituents is 1. The predicted octanol–water partition coefficient (Wildman–Crippen LogP) is 1.09. The van der Waals surface area contributed by atoms with Crippen LogP contribution in [0, 0.1) is 16.0 Å². The molecule has 4 N–H and O–H groups in total. The van der Waals surface area contributed by atoms with Gasteiger partial charge >= 0.3 is 5.69 Å². The van der Waals surface area contributed by atoms with Crippen LogP contribution in [0.5, 0.6) is 0 Å². The second kappa shape index (κ2) is 5.41. The lowest BCUT2D eigenvalue weighted by Gasteiger charge is -2.27. The molecule has 0 bridgehead atoms. The number of nitrogens with one attached hydrogen (secondary N) is 1. The van der Waals surface area contributed by atoms with Gasteiger partial charge in [0.05, 0.1) is 17.6 Å². The molecule has 7 nitrogen and oxygen atoms in total. The second-order valence-corrected chi connectivity index (χ2v) is 4.78. The van der Waals surface area contributed by atoms with Crippen LogP contribution in [0.3, 0.4) is 0 Å². The molecule has 1 aromatic carbocycles. The quantitative estimate of drug-likeness (QED) is 0.428. The molecule has 0 spiro atoms. The third kappa shape index (κ3) is 2.34. The van der Waals surface area contributed by atoms with Crippen molar-refractivity contribution in [3.8, 4) is 0 Å². The summed E-state index contributed by atoms with van der Waals surface area (Å²) in [6.07, 6.45) is 0.905. The zero-order valence-corrected chi connectivity index (χ0v) is 10.7. The average molecular weight is 266 g/mol. The fourth-order valence-electron chi connectivity index (χ4n) is 2.66. The van der Waals surface area contributed by atoms with E-state index in [1.165, 1.54) is 0 Å². The third-order valence-corrected chi connectivity index (χ3v) is 3.73. The summed E-state index contributed by atoms with van der Waals surface area (Å²) in [5.41, 5.74) is 3.09. The monoisotopic (exact) mass is 266 g/mol. The predicted molar refractivity (Wildman–Crippen MR) is 72.9 cm³/mol. The van der Waals surface area contributed by atoms with E-state index in [0.717, 1.165) is 6.42 Å². The molecule has 0 aromatic heterocycles. The molecule has 19 heavy (non-hydrogen) atoms. The normalized spacial score (nSPS) is 22.6. The maximum atomic E-state index is 11.3. The van der Waals surface area contributed by atoms with E-state index in [4.69, 9.17) is 5.84 Å². The molecule has 1 aromatic rings. The number of aliphatic hydroxyl groups is 1. The van der Waals surface area contributed by atoms with Gasteiger partial charge in [-0.1, -0.05) is 13.0 Å². The van der Waals surface area contributed by atoms with Crippen LogP contribution in [-0.2, 0) is 0 Å². The maximum Gasteiger partial charge on any atom is 0.316 e. The minimum atomic E-state index is -0.443. The standard InChI is InChI=1S/C12H18N4O3/c1-8-5-6-15(11(8)7-17)10-4-2-3-9(14-13)12(10)16(18)19/h2-4,8,11,14,17H,5-7,13H2,1H3. The van der Waals surface area contributed by atoms with E-state index in [-0.39, 0.29) is 24.0 Å². The number of para-hydroxylation sites is 1. The lowest BCUT2D eigenvalue weighted by Crippen LogP contribution is -2.35. The Kier molecular flexibility index (Phi) is 3.87. The molecule has 2 rings (SSSR count). The Morgan fingerprint density at radius 1 is 1.63 bits per heavy atom. The lowest BCUT2D eigenvalue weighted by molar-refractivity contribution is -0.383. The number of nitrogen functional groups attached to an aromatic ring is 1. The van der Waals surface area contributed by atoms with E-state index in [0.29, 0.717) is 18.2 Å². The third-order valence-electron chi connectivity index (χ3n) is 3.73. The first-order chi connectivity index (χ1) is 9.10. The highest BCUT2D eigenvalue weighted by molar-refractivity contribution is 5.77. The van der Waals surface area contributed by atoms with Crippen molar-refractivity contribution in [1.29, 1.82) is 0 Å². The van der Waals surface area contributed by atoms with Crippen molar-refractivity contribution < 1.29 is 10.0 Å². The van der Waals surface area contributed by atoms with Gasteiger partial charge in [0, 0.05) is 6.54 Å². The first-order valence-corrected chi connectivity index (χ1v) is 6.21. The van der Waals surface area contributed by atoms with Crippen LogP contribution in [0.25, 0.3) is 0 Å². The summed E-state index contributed by atoms with van der Waals surface area (Å²) in [5, 5.41) is 20.7. The molecule has 2 atom stereocenters. The van der Waals surface area contributed by atoms with Gasteiger partial charge < -0.3 is 15.4 Å². The van der Waals surface area contributed by atoms with Crippen LogP contribution in [0.4, 0.5) is 17.1 Å². The van der Waals surface area contributed by atoms with Gasteiger partial charge in [-0.2, -0.15) is 0 Å². The highest BCUT2D eigenvalue weighted by atomic mass is 16.6. The zero-order valence-electron chi connectivity index (χ0n) is 10.7. The topological polar surface area (TPSA) is 105 Å². The number of benzene rings is 1. The number of aliphatic hydroxyl groups excluding tert-OH is 1. The fraction of sp³-hybridized carbons (Fsp3) is 0.500. The van der Waals surface area contributed by atoms with Crippen molar-refractivity contribution >= 4 is 17.1 Å². The summed E-state index contributed by atoms with van der Waals surface area (Å²) in [6, 6.07) is 4.88. The number of rotatable bonds is 4. The number of nitrogens with zero attached hydrogens (tertiary/aromatic N) is 2.